The lowest BCUT2D eigenvalue weighted by molar-refractivity contribution is -0.118. The molecule has 5 nitrogen and oxygen atoms in total. The van der Waals surface area contributed by atoms with E-state index in [2.05, 4.69) is 5.32 Å². The van der Waals surface area contributed by atoms with Crippen LogP contribution in [0.25, 0.3) is 0 Å². The minimum atomic E-state index is -0.00195. The van der Waals surface area contributed by atoms with Gasteiger partial charge >= 0.3 is 0 Å². The zero-order chi connectivity index (χ0) is 17.2. The summed E-state index contributed by atoms with van der Waals surface area (Å²) >= 11 is 5.54. The minimum Gasteiger partial charge on any atom is -0.491 e. The molecule has 2 aromatic rings. The molecule has 3 rings (SSSR count). The number of amides is 1. The fourth-order valence-corrected chi connectivity index (χ4v) is 2.33. The Balaban J connectivity index is 0.000000249. The molecule has 1 saturated heterocycles. The molecule has 1 aliphatic rings. The lowest BCUT2D eigenvalue weighted by Gasteiger charge is -2.27. The van der Waals surface area contributed by atoms with E-state index in [1.807, 2.05) is 42.5 Å². The SMILES string of the molecule is Clc1ccccc1.O=C1CNCCN1c1ccc(OCCO)cc1. The molecule has 2 N–H and O–H groups in total. The lowest BCUT2D eigenvalue weighted by atomic mass is 10.2. The van der Waals surface area contributed by atoms with Gasteiger partial charge in [-0.15, -0.1) is 0 Å². The van der Waals surface area contributed by atoms with Gasteiger partial charge in [0.05, 0.1) is 13.2 Å². The number of hydrogen-bond acceptors (Lipinski definition) is 4. The maximum atomic E-state index is 11.7. The number of rotatable bonds is 4. The summed E-state index contributed by atoms with van der Waals surface area (Å²) in [5.74, 6) is 0.783. The molecule has 0 aliphatic carbocycles. The molecule has 128 valence electrons. The lowest BCUT2D eigenvalue weighted by Crippen LogP contribution is -2.48. The summed E-state index contributed by atoms with van der Waals surface area (Å²) in [4.78, 5) is 13.4. The summed E-state index contributed by atoms with van der Waals surface area (Å²) in [6.45, 7) is 2.18. The molecule has 0 unspecified atom stereocenters. The summed E-state index contributed by atoms with van der Waals surface area (Å²) in [5.41, 5.74) is 0.882. The Hall–Kier alpha value is -2.08. The smallest absolute Gasteiger partial charge is 0.240 e. The molecule has 2 aromatic carbocycles. The van der Waals surface area contributed by atoms with E-state index >= 15 is 0 Å². The molecule has 6 heteroatoms. The van der Waals surface area contributed by atoms with Gasteiger partial charge in [-0.05, 0) is 36.4 Å². The fraction of sp³-hybridized carbons (Fsp3) is 0.278. The highest BCUT2D eigenvalue weighted by atomic mass is 35.5. The predicted molar refractivity (Wildman–Crippen MR) is 95.7 cm³/mol. The Kier molecular flexibility index (Phi) is 7.55. The van der Waals surface area contributed by atoms with Crippen LogP contribution in [0.2, 0.25) is 5.02 Å². The van der Waals surface area contributed by atoms with Crippen LogP contribution in [0.15, 0.2) is 54.6 Å². The number of nitrogens with one attached hydrogen (secondary N) is 1. The highest BCUT2D eigenvalue weighted by Crippen LogP contribution is 2.20. The fourth-order valence-electron chi connectivity index (χ4n) is 2.18. The number of anilines is 1. The van der Waals surface area contributed by atoms with Crippen LogP contribution in [-0.4, -0.2) is 43.9 Å². The van der Waals surface area contributed by atoms with Gasteiger partial charge in [0, 0.05) is 23.8 Å². The molecule has 0 saturated carbocycles. The topological polar surface area (TPSA) is 61.8 Å². The van der Waals surface area contributed by atoms with Gasteiger partial charge in [0.2, 0.25) is 5.91 Å². The van der Waals surface area contributed by atoms with E-state index in [9.17, 15) is 4.79 Å². The number of halogens is 1. The Labute approximate surface area is 146 Å². The molecule has 24 heavy (non-hydrogen) atoms. The zero-order valence-electron chi connectivity index (χ0n) is 13.3. The average Bonchev–Trinajstić information content (AvgIpc) is 2.62. The second-order valence-electron chi connectivity index (χ2n) is 5.08. The third-order valence-electron chi connectivity index (χ3n) is 3.33. The number of ether oxygens (including phenoxy) is 1. The van der Waals surface area contributed by atoms with Gasteiger partial charge in [-0.25, -0.2) is 0 Å². The molecule has 1 amide bonds. The van der Waals surface area contributed by atoms with Crippen LogP contribution >= 0.6 is 11.6 Å². The van der Waals surface area contributed by atoms with Crippen molar-refractivity contribution in [2.45, 2.75) is 0 Å². The van der Waals surface area contributed by atoms with E-state index in [-0.39, 0.29) is 19.1 Å². The predicted octanol–water partition coefficient (Wildman–Crippen LogP) is 2.33. The number of benzene rings is 2. The van der Waals surface area contributed by atoms with Crippen molar-refractivity contribution >= 4 is 23.2 Å². The highest BCUT2D eigenvalue weighted by Gasteiger charge is 2.18. The van der Waals surface area contributed by atoms with Crippen LogP contribution < -0.4 is 15.0 Å². The number of aliphatic hydroxyl groups excluding tert-OH is 1. The number of piperazine rings is 1. The number of carbonyl (C=O) groups is 1. The van der Waals surface area contributed by atoms with E-state index in [4.69, 9.17) is 21.4 Å². The van der Waals surface area contributed by atoms with Gasteiger partial charge in [-0.2, -0.15) is 0 Å². The molecule has 0 radical (unpaired) electrons. The standard InChI is InChI=1S/C12H16N2O3.C6H5Cl/c15-7-8-17-11-3-1-10(2-4-11)14-6-5-13-9-12(14)16;7-6-4-2-1-3-5-6/h1-4,13,15H,5-9H2;1-5H. The van der Waals surface area contributed by atoms with Crippen molar-refractivity contribution in [1.82, 2.24) is 5.32 Å². The van der Waals surface area contributed by atoms with Crippen LogP contribution in [0, 0.1) is 0 Å². The van der Waals surface area contributed by atoms with Crippen molar-refractivity contribution in [1.29, 1.82) is 0 Å². The largest absolute Gasteiger partial charge is 0.491 e. The van der Waals surface area contributed by atoms with Crippen LogP contribution in [0.3, 0.4) is 0 Å². The van der Waals surface area contributed by atoms with E-state index < -0.39 is 0 Å². The van der Waals surface area contributed by atoms with E-state index in [0.717, 1.165) is 17.3 Å². The normalized spacial score (nSPS) is 13.9. The first kappa shape index (κ1) is 18.3. The Bertz CT molecular complexity index is 620. The molecule has 0 aromatic heterocycles. The molecular formula is C18H21ClN2O3. The first-order valence-electron chi connectivity index (χ1n) is 7.76. The number of carbonyl (C=O) groups excluding carboxylic acids is 1. The third kappa shape index (κ3) is 5.85. The molecule has 0 spiro atoms. The van der Waals surface area contributed by atoms with Crippen molar-refractivity contribution < 1.29 is 14.6 Å². The average molecular weight is 349 g/mol. The second-order valence-corrected chi connectivity index (χ2v) is 5.52. The summed E-state index contributed by atoms with van der Waals surface area (Å²) in [7, 11) is 0. The molecule has 0 atom stereocenters. The van der Waals surface area contributed by atoms with Crippen molar-refractivity contribution in [3.8, 4) is 5.75 Å². The molecular weight excluding hydrogens is 328 g/mol. The maximum absolute atomic E-state index is 11.7. The Morgan fingerprint density at radius 2 is 1.83 bits per heavy atom. The molecule has 0 bridgehead atoms. The van der Waals surface area contributed by atoms with Gasteiger partial charge < -0.3 is 20.1 Å². The molecule has 1 heterocycles. The zero-order valence-corrected chi connectivity index (χ0v) is 14.1. The van der Waals surface area contributed by atoms with Gasteiger partial charge in [0.25, 0.3) is 0 Å². The van der Waals surface area contributed by atoms with Crippen molar-refractivity contribution in [3.05, 3.63) is 59.6 Å². The van der Waals surface area contributed by atoms with Crippen LogP contribution in [0.1, 0.15) is 0 Å². The third-order valence-corrected chi connectivity index (χ3v) is 3.58. The van der Waals surface area contributed by atoms with Crippen molar-refractivity contribution in [2.75, 3.05) is 37.7 Å². The maximum Gasteiger partial charge on any atom is 0.240 e. The second kappa shape index (κ2) is 9.93. The highest BCUT2D eigenvalue weighted by molar-refractivity contribution is 6.30. The number of hydrogen-bond donors (Lipinski definition) is 2. The molecule has 1 aliphatic heterocycles. The van der Waals surface area contributed by atoms with Gasteiger partial charge in [0.1, 0.15) is 12.4 Å². The van der Waals surface area contributed by atoms with E-state index in [0.29, 0.717) is 18.8 Å². The van der Waals surface area contributed by atoms with E-state index in [1.165, 1.54) is 0 Å². The summed E-state index contributed by atoms with van der Waals surface area (Å²) in [5, 5.41) is 12.5. The van der Waals surface area contributed by atoms with Gasteiger partial charge in [-0.3, -0.25) is 4.79 Å². The summed E-state index contributed by atoms with van der Waals surface area (Å²) in [6.07, 6.45) is 0. The monoisotopic (exact) mass is 348 g/mol. The van der Waals surface area contributed by atoms with Crippen molar-refractivity contribution in [3.63, 3.8) is 0 Å². The minimum absolute atomic E-state index is 0.00195. The van der Waals surface area contributed by atoms with Crippen LogP contribution in [0.4, 0.5) is 5.69 Å². The van der Waals surface area contributed by atoms with E-state index in [1.54, 1.807) is 17.0 Å². The first-order valence-corrected chi connectivity index (χ1v) is 8.14. The van der Waals surface area contributed by atoms with Crippen LogP contribution in [-0.2, 0) is 4.79 Å². The quantitative estimate of drug-likeness (QED) is 0.890. The Morgan fingerprint density at radius 1 is 1.12 bits per heavy atom. The van der Waals surface area contributed by atoms with Crippen LogP contribution in [0.5, 0.6) is 5.75 Å². The first-order chi connectivity index (χ1) is 11.7. The number of aliphatic hydroxyl groups is 1. The summed E-state index contributed by atoms with van der Waals surface area (Å²) < 4.78 is 5.26. The number of nitrogens with zero attached hydrogens (tertiary/aromatic N) is 1. The van der Waals surface area contributed by atoms with Gasteiger partial charge in [-0.1, -0.05) is 29.8 Å². The molecule has 1 fully saturated rings. The van der Waals surface area contributed by atoms with Crippen molar-refractivity contribution in [2.24, 2.45) is 0 Å². The van der Waals surface area contributed by atoms with Gasteiger partial charge in [0.15, 0.2) is 0 Å². The Morgan fingerprint density at radius 3 is 2.38 bits per heavy atom. The summed E-state index contributed by atoms with van der Waals surface area (Å²) in [6, 6.07) is 16.8.